The van der Waals surface area contributed by atoms with Crippen molar-refractivity contribution in [2.45, 2.75) is 64.0 Å². The molecular formula is C21H24F7NO2S. The number of benzene rings is 1. The molecule has 0 amide bonds. The average Bonchev–Trinajstić information content (AvgIpc) is 3.15. The van der Waals surface area contributed by atoms with Crippen LogP contribution in [0.15, 0.2) is 35.7 Å². The fourth-order valence-electron chi connectivity index (χ4n) is 3.02. The normalized spacial score (nSPS) is 13.4. The molecule has 11 heteroatoms. The molecule has 0 fully saturated rings. The maximum absolute atomic E-state index is 13.2. The fraction of sp³-hybridized carbons (Fsp3) is 0.524. The number of rotatable bonds is 12. The van der Waals surface area contributed by atoms with E-state index >= 15 is 0 Å². The van der Waals surface area contributed by atoms with E-state index in [1.54, 1.807) is 11.4 Å². The molecule has 0 saturated heterocycles. The number of aliphatic hydroxyl groups excluding tert-OH is 1. The summed E-state index contributed by atoms with van der Waals surface area (Å²) in [7, 11) is 0. The Kier molecular flexibility index (Phi) is 9.20. The molecule has 0 aliphatic heterocycles. The number of hydrogen-bond acceptors (Lipinski definition) is 4. The number of thiophene rings is 1. The van der Waals surface area contributed by atoms with Crippen molar-refractivity contribution in [3.8, 4) is 5.75 Å². The van der Waals surface area contributed by atoms with Crippen LogP contribution in [-0.4, -0.2) is 36.5 Å². The molecule has 0 spiro atoms. The highest BCUT2D eigenvalue weighted by Crippen LogP contribution is 2.33. The van der Waals surface area contributed by atoms with Gasteiger partial charge in [-0.2, -0.15) is 30.7 Å². The quantitative estimate of drug-likeness (QED) is 0.269. The summed E-state index contributed by atoms with van der Waals surface area (Å²) in [6.45, 7) is 1.07. The molecular weight excluding hydrogens is 463 g/mol. The summed E-state index contributed by atoms with van der Waals surface area (Å²) >= 11 is 1.20. The third-order valence-corrected chi connectivity index (χ3v) is 5.63. The number of hydrogen-bond donors (Lipinski definition) is 1. The lowest BCUT2D eigenvalue weighted by atomic mass is 10.1. The SMILES string of the molecule is CCCCCc1ccsc1N(Cc1cccc(OC(F)(F)C(F)F)c1)CC(O)C(F)(F)F. The maximum Gasteiger partial charge on any atom is 0.461 e. The second kappa shape index (κ2) is 11.2. The second-order valence-corrected chi connectivity index (χ2v) is 8.15. The molecule has 1 aromatic heterocycles. The van der Waals surface area contributed by atoms with Crippen LogP contribution in [-0.2, 0) is 13.0 Å². The molecule has 1 atom stereocenters. The van der Waals surface area contributed by atoms with E-state index in [0.29, 0.717) is 11.4 Å². The lowest BCUT2D eigenvalue weighted by Crippen LogP contribution is -2.41. The highest BCUT2D eigenvalue weighted by Gasteiger charge is 2.44. The molecule has 2 aromatic rings. The molecule has 2 rings (SSSR count). The largest absolute Gasteiger partial charge is 0.461 e. The summed E-state index contributed by atoms with van der Waals surface area (Å²) in [5, 5.41) is 11.9. The molecule has 1 aromatic carbocycles. The topological polar surface area (TPSA) is 32.7 Å². The fourth-order valence-corrected chi connectivity index (χ4v) is 3.99. The van der Waals surface area contributed by atoms with Crippen molar-refractivity contribution in [1.29, 1.82) is 0 Å². The zero-order valence-electron chi connectivity index (χ0n) is 17.2. The number of ether oxygens (including phenoxy) is 1. The number of halogens is 7. The summed E-state index contributed by atoms with van der Waals surface area (Å²) in [4.78, 5) is 1.31. The zero-order valence-corrected chi connectivity index (χ0v) is 18.0. The summed E-state index contributed by atoms with van der Waals surface area (Å²) < 4.78 is 94.4. The van der Waals surface area contributed by atoms with Gasteiger partial charge in [-0.25, -0.2) is 0 Å². The summed E-state index contributed by atoms with van der Waals surface area (Å²) in [5.41, 5.74) is 1.07. The Morgan fingerprint density at radius 1 is 1.09 bits per heavy atom. The van der Waals surface area contributed by atoms with Crippen molar-refractivity contribution in [3.05, 3.63) is 46.8 Å². The van der Waals surface area contributed by atoms with E-state index in [2.05, 4.69) is 4.74 Å². The van der Waals surface area contributed by atoms with Crippen LogP contribution in [0.4, 0.5) is 35.7 Å². The van der Waals surface area contributed by atoms with Gasteiger partial charge in [-0.1, -0.05) is 31.9 Å². The van der Waals surface area contributed by atoms with Crippen LogP contribution in [0, 0.1) is 0 Å². The number of aliphatic hydroxyl groups is 1. The van der Waals surface area contributed by atoms with Gasteiger partial charge in [0.25, 0.3) is 0 Å². The molecule has 1 heterocycles. The summed E-state index contributed by atoms with van der Waals surface area (Å²) in [5.74, 6) is -0.543. The van der Waals surface area contributed by atoms with Crippen molar-refractivity contribution in [1.82, 2.24) is 0 Å². The predicted octanol–water partition coefficient (Wildman–Crippen LogP) is 6.65. The lowest BCUT2D eigenvalue weighted by Gasteiger charge is -2.28. The Morgan fingerprint density at radius 3 is 2.44 bits per heavy atom. The van der Waals surface area contributed by atoms with Crippen LogP contribution in [0.3, 0.4) is 0 Å². The molecule has 3 nitrogen and oxygen atoms in total. The van der Waals surface area contributed by atoms with Gasteiger partial charge in [-0.15, -0.1) is 11.3 Å². The second-order valence-electron chi connectivity index (χ2n) is 7.26. The van der Waals surface area contributed by atoms with E-state index in [-0.39, 0.29) is 12.1 Å². The molecule has 0 aliphatic carbocycles. The van der Waals surface area contributed by atoms with Crippen molar-refractivity contribution >= 4 is 16.3 Å². The monoisotopic (exact) mass is 487 g/mol. The van der Waals surface area contributed by atoms with Gasteiger partial charge < -0.3 is 14.7 Å². The van der Waals surface area contributed by atoms with Gasteiger partial charge in [0.1, 0.15) is 5.75 Å². The van der Waals surface area contributed by atoms with Crippen LogP contribution in [0.5, 0.6) is 5.75 Å². The first kappa shape index (κ1) is 26.2. The number of aryl methyl sites for hydroxylation is 1. The van der Waals surface area contributed by atoms with E-state index in [1.807, 2.05) is 6.92 Å². The minimum atomic E-state index is -4.85. The van der Waals surface area contributed by atoms with Crippen LogP contribution in [0.25, 0.3) is 0 Å². The van der Waals surface area contributed by atoms with Crippen molar-refractivity contribution in [3.63, 3.8) is 0 Å². The Balaban J connectivity index is 2.28. The number of anilines is 1. The first-order valence-electron chi connectivity index (χ1n) is 9.94. The highest BCUT2D eigenvalue weighted by molar-refractivity contribution is 7.14. The average molecular weight is 487 g/mol. The molecule has 0 radical (unpaired) electrons. The molecule has 1 N–H and O–H groups in total. The Bertz CT molecular complexity index is 842. The third kappa shape index (κ3) is 7.54. The van der Waals surface area contributed by atoms with E-state index in [9.17, 15) is 35.8 Å². The lowest BCUT2D eigenvalue weighted by molar-refractivity contribution is -0.253. The minimum absolute atomic E-state index is 0.175. The third-order valence-electron chi connectivity index (χ3n) is 4.61. The van der Waals surface area contributed by atoms with Gasteiger partial charge in [0.2, 0.25) is 0 Å². The van der Waals surface area contributed by atoms with Gasteiger partial charge in [0, 0.05) is 6.54 Å². The summed E-state index contributed by atoms with van der Waals surface area (Å²) in [6.07, 6.45) is -12.8. The van der Waals surface area contributed by atoms with Gasteiger partial charge in [0.05, 0.1) is 11.5 Å². The van der Waals surface area contributed by atoms with E-state index in [0.717, 1.165) is 37.0 Å². The van der Waals surface area contributed by atoms with Crippen LogP contribution < -0.4 is 9.64 Å². The molecule has 32 heavy (non-hydrogen) atoms. The molecule has 0 saturated carbocycles. The van der Waals surface area contributed by atoms with Gasteiger partial charge in [-0.05, 0) is 47.5 Å². The molecule has 1 unspecified atom stereocenters. The number of alkyl halides is 7. The highest BCUT2D eigenvalue weighted by atomic mass is 32.1. The molecule has 0 bridgehead atoms. The van der Waals surface area contributed by atoms with Crippen LogP contribution in [0.1, 0.15) is 37.3 Å². The van der Waals surface area contributed by atoms with Gasteiger partial charge >= 0.3 is 18.7 Å². The van der Waals surface area contributed by atoms with E-state index in [1.165, 1.54) is 28.4 Å². The Morgan fingerprint density at radius 2 is 1.81 bits per heavy atom. The smallest absolute Gasteiger partial charge is 0.428 e. The van der Waals surface area contributed by atoms with Crippen molar-refractivity contribution in [2.24, 2.45) is 0 Å². The zero-order chi connectivity index (χ0) is 23.9. The van der Waals surface area contributed by atoms with E-state index in [4.69, 9.17) is 0 Å². The molecule has 0 aliphatic rings. The number of nitrogens with zero attached hydrogens (tertiary/aromatic N) is 1. The maximum atomic E-state index is 13.2. The first-order chi connectivity index (χ1) is 14.9. The van der Waals surface area contributed by atoms with Crippen LogP contribution >= 0.6 is 11.3 Å². The summed E-state index contributed by atoms with van der Waals surface area (Å²) in [6, 6.07) is 6.64. The number of unbranched alkanes of at least 4 members (excludes halogenated alkanes) is 2. The van der Waals surface area contributed by atoms with Gasteiger partial charge in [0.15, 0.2) is 6.10 Å². The minimum Gasteiger partial charge on any atom is -0.428 e. The van der Waals surface area contributed by atoms with Crippen molar-refractivity contribution in [2.75, 3.05) is 11.4 Å². The standard InChI is InChI=1S/C21H24F7NO2S/c1-2-3-4-7-15-9-10-32-18(15)29(13-17(30)20(24,25)26)12-14-6-5-8-16(11-14)31-21(27,28)19(22)23/h5-6,8-11,17,19,30H,2-4,7,12-13H2,1H3. The van der Waals surface area contributed by atoms with Crippen LogP contribution in [0.2, 0.25) is 0 Å². The molecule has 180 valence electrons. The first-order valence-corrected chi connectivity index (χ1v) is 10.8. The Hall–Kier alpha value is -2.01. The predicted molar refractivity (Wildman–Crippen MR) is 109 cm³/mol. The Labute approximate surface area is 185 Å². The van der Waals surface area contributed by atoms with Gasteiger partial charge in [-0.3, -0.25) is 0 Å². The van der Waals surface area contributed by atoms with Crippen molar-refractivity contribution < 1.29 is 40.6 Å². The van der Waals surface area contributed by atoms with E-state index < -0.39 is 37.1 Å².